The Labute approximate surface area is 95.4 Å². The van der Waals surface area contributed by atoms with Gasteiger partial charge < -0.3 is 15.1 Å². The van der Waals surface area contributed by atoms with Gasteiger partial charge in [0.15, 0.2) is 5.76 Å². The van der Waals surface area contributed by atoms with Gasteiger partial charge in [-0.2, -0.15) is 0 Å². The van der Waals surface area contributed by atoms with Gasteiger partial charge in [-0.25, -0.2) is 0 Å². The molecule has 1 aliphatic carbocycles. The Balaban J connectivity index is 1.84. The zero-order chi connectivity index (χ0) is 11.4. The third-order valence-electron chi connectivity index (χ3n) is 3.33. The molecule has 88 valence electrons. The van der Waals surface area contributed by atoms with E-state index in [4.69, 9.17) is 4.42 Å². The van der Waals surface area contributed by atoms with E-state index in [1.165, 1.54) is 25.5 Å². The minimum atomic E-state index is -0.118. The highest BCUT2D eigenvalue weighted by molar-refractivity contribution is 5.91. The Bertz CT molecular complexity index is 342. The molecular weight excluding hydrogens is 204 g/mol. The van der Waals surface area contributed by atoms with Gasteiger partial charge in [-0.3, -0.25) is 4.79 Å². The summed E-state index contributed by atoms with van der Waals surface area (Å²) >= 11 is 0. The molecule has 1 aromatic heterocycles. The van der Waals surface area contributed by atoms with Crippen LogP contribution >= 0.6 is 0 Å². The molecular formula is C12H18N2O2. The van der Waals surface area contributed by atoms with Crippen LogP contribution in [0.15, 0.2) is 22.8 Å². The normalized spacial score (nSPS) is 17.8. The topological polar surface area (TPSA) is 54.3 Å². The van der Waals surface area contributed by atoms with Crippen LogP contribution in [-0.4, -0.2) is 26.0 Å². The molecule has 1 fully saturated rings. The largest absolute Gasteiger partial charge is 0.459 e. The molecule has 0 bridgehead atoms. The molecule has 1 amide bonds. The predicted octanol–water partition coefficient (Wildman–Crippen LogP) is 1.40. The van der Waals surface area contributed by atoms with E-state index in [9.17, 15) is 4.79 Å². The second-order valence-corrected chi connectivity index (χ2v) is 4.54. The fourth-order valence-electron chi connectivity index (χ4n) is 2.23. The summed E-state index contributed by atoms with van der Waals surface area (Å²) in [7, 11) is 1.95. The van der Waals surface area contributed by atoms with Crippen LogP contribution in [0.4, 0.5) is 0 Å². The van der Waals surface area contributed by atoms with Crippen molar-refractivity contribution in [3.8, 4) is 0 Å². The number of amides is 1. The third-order valence-corrected chi connectivity index (χ3v) is 3.33. The number of furan rings is 1. The molecule has 0 unspecified atom stereocenters. The Morgan fingerprint density at radius 3 is 2.81 bits per heavy atom. The van der Waals surface area contributed by atoms with Gasteiger partial charge in [0, 0.05) is 18.5 Å². The standard InChI is InChI=1S/C12H18N2O2/c1-13-8-12(5-3-6-12)9-14-11(15)10-4-2-7-16-10/h2,4,7,13H,3,5-6,8-9H2,1H3,(H,14,15). The summed E-state index contributed by atoms with van der Waals surface area (Å²) in [5, 5.41) is 6.13. The summed E-state index contributed by atoms with van der Waals surface area (Å²) in [6.45, 7) is 1.69. The van der Waals surface area contributed by atoms with E-state index in [0.717, 1.165) is 13.1 Å². The molecule has 0 radical (unpaired) electrons. The maximum atomic E-state index is 11.7. The van der Waals surface area contributed by atoms with Crippen LogP contribution in [0.5, 0.6) is 0 Å². The first kappa shape index (κ1) is 11.2. The number of hydrogen-bond donors (Lipinski definition) is 2. The van der Waals surface area contributed by atoms with Gasteiger partial charge >= 0.3 is 0 Å². The van der Waals surface area contributed by atoms with Crippen LogP contribution < -0.4 is 10.6 Å². The van der Waals surface area contributed by atoms with Crippen molar-refractivity contribution in [2.75, 3.05) is 20.1 Å². The van der Waals surface area contributed by atoms with E-state index in [0.29, 0.717) is 5.76 Å². The van der Waals surface area contributed by atoms with E-state index < -0.39 is 0 Å². The van der Waals surface area contributed by atoms with Gasteiger partial charge in [0.25, 0.3) is 5.91 Å². The zero-order valence-corrected chi connectivity index (χ0v) is 9.58. The first-order valence-corrected chi connectivity index (χ1v) is 5.72. The minimum absolute atomic E-state index is 0.118. The summed E-state index contributed by atoms with van der Waals surface area (Å²) < 4.78 is 5.04. The molecule has 1 heterocycles. The van der Waals surface area contributed by atoms with Crippen LogP contribution in [0.25, 0.3) is 0 Å². The Kier molecular flexibility index (Phi) is 3.29. The smallest absolute Gasteiger partial charge is 0.286 e. The van der Waals surface area contributed by atoms with Crippen molar-refractivity contribution < 1.29 is 9.21 Å². The maximum absolute atomic E-state index is 11.7. The van der Waals surface area contributed by atoms with E-state index in [1.807, 2.05) is 7.05 Å². The lowest BCUT2D eigenvalue weighted by Gasteiger charge is -2.41. The molecule has 0 atom stereocenters. The summed E-state index contributed by atoms with van der Waals surface area (Å²) in [6, 6.07) is 3.41. The number of nitrogens with one attached hydrogen (secondary N) is 2. The lowest BCUT2D eigenvalue weighted by molar-refractivity contribution is 0.0837. The first-order valence-electron chi connectivity index (χ1n) is 5.72. The first-order chi connectivity index (χ1) is 7.76. The van der Waals surface area contributed by atoms with Gasteiger partial charge in [-0.1, -0.05) is 6.42 Å². The highest BCUT2D eigenvalue weighted by atomic mass is 16.3. The quantitative estimate of drug-likeness (QED) is 0.791. The molecule has 4 nitrogen and oxygen atoms in total. The van der Waals surface area contributed by atoms with Crippen LogP contribution in [-0.2, 0) is 0 Å². The molecule has 2 rings (SSSR count). The second-order valence-electron chi connectivity index (χ2n) is 4.54. The van der Waals surface area contributed by atoms with Crippen molar-refractivity contribution in [2.24, 2.45) is 5.41 Å². The van der Waals surface area contributed by atoms with Crippen LogP contribution in [0.3, 0.4) is 0 Å². The fourth-order valence-corrected chi connectivity index (χ4v) is 2.23. The van der Waals surface area contributed by atoms with Gasteiger partial charge in [0.05, 0.1) is 6.26 Å². The molecule has 2 N–H and O–H groups in total. The molecule has 16 heavy (non-hydrogen) atoms. The Morgan fingerprint density at radius 2 is 2.31 bits per heavy atom. The van der Waals surface area contributed by atoms with Crippen molar-refractivity contribution in [3.05, 3.63) is 24.2 Å². The highest BCUT2D eigenvalue weighted by Crippen LogP contribution is 2.39. The number of rotatable bonds is 5. The molecule has 1 aromatic rings. The van der Waals surface area contributed by atoms with Gasteiger partial charge in [-0.15, -0.1) is 0 Å². The fraction of sp³-hybridized carbons (Fsp3) is 0.583. The second kappa shape index (κ2) is 4.70. The molecule has 1 saturated carbocycles. The van der Waals surface area contributed by atoms with E-state index in [-0.39, 0.29) is 11.3 Å². The van der Waals surface area contributed by atoms with Crippen LogP contribution in [0, 0.1) is 5.41 Å². The minimum Gasteiger partial charge on any atom is -0.459 e. The van der Waals surface area contributed by atoms with Crippen LogP contribution in [0.2, 0.25) is 0 Å². The third kappa shape index (κ3) is 2.27. The van der Waals surface area contributed by atoms with Crippen molar-refractivity contribution in [1.82, 2.24) is 10.6 Å². The van der Waals surface area contributed by atoms with Crippen molar-refractivity contribution >= 4 is 5.91 Å². The molecule has 0 aliphatic heterocycles. The summed E-state index contributed by atoms with van der Waals surface area (Å²) in [5.74, 6) is 0.270. The SMILES string of the molecule is CNCC1(CNC(=O)c2ccco2)CCC1. The average molecular weight is 222 g/mol. The van der Waals surface area contributed by atoms with Gasteiger partial charge in [0.2, 0.25) is 0 Å². The van der Waals surface area contributed by atoms with Crippen LogP contribution in [0.1, 0.15) is 29.8 Å². The maximum Gasteiger partial charge on any atom is 0.286 e. The van der Waals surface area contributed by atoms with Crippen molar-refractivity contribution in [1.29, 1.82) is 0 Å². The molecule has 0 aromatic carbocycles. The number of hydrogen-bond acceptors (Lipinski definition) is 3. The Morgan fingerprint density at radius 1 is 1.50 bits per heavy atom. The number of carbonyl (C=O) groups is 1. The van der Waals surface area contributed by atoms with Crippen molar-refractivity contribution in [2.45, 2.75) is 19.3 Å². The Hall–Kier alpha value is -1.29. The van der Waals surface area contributed by atoms with E-state index >= 15 is 0 Å². The highest BCUT2D eigenvalue weighted by Gasteiger charge is 2.36. The van der Waals surface area contributed by atoms with Gasteiger partial charge in [-0.05, 0) is 32.0 Å². The number of carbonyl (C=O) groups excluding carboxylic acids is 1. The van der Waals surface area contributed by atoms with E-state index in [1.54, 1.807) is 12.1 Å². The summed E-state index contributed by atoms with van der Waals surface area (Å²) in [5.41, 5.74) is 0.261. The monoisotopic (exact) mass is 222 g/mol. The van der Waals surface area contributed by atoms with Gasteiger partial charge in [0.1, 0.15) is 0 Å². The van der Waals surface area contributed by atoms with Crippen molar-refractivity contribution in [3.63, 3.8) is 0 Å². The molecule has 4 heteroatoms. The molecule has 0 spiro atoms. The zero-order valence-electron chi connectivity index (χ0n) is 9.58. The van der Waals surface area contributed by atoms with E-state index in [2.05, 4.69) is 10.6 Å². The lowest BCUT2D eigenvalue weighted by Crippen LogP contribution is -2.47. The summed E-state index contributed by atoms with van der Waals surface area (Å²) in [4.78, 5) is 11.7. The average Bonchev–Trinajstić information content (AvgIpc) is 2.74. The molecule has 1 aliphatic rings. The lowest BCUT2D eigenvalue weighted by atomic mass is 9.68. The molecule has 0 saturated heterocycles. The predicted molar refractivity (Wildman–Crippen MR) is 61.3 cm³/mol. The summed E-state index contributed by atoms with van der Waals surface area (Å²) in [6.07, 6.45) is 5.15.